The van der Waals surface area contributed by atoms with E-state index in [1.54, 1.807) is 6.20 Å². The summed E-state index contributed by atoms with van der Waals surface area (Å²) in [5, 5.41) is 11.2. The average molecular weight is 425 g/mol. The summed E-state index contributed by atoms with van der Waals surface area (Å²) in [6, 6.07) is 16.3. The third kappa shape index (κ3) is 4.58. The van der Waals surface area contributed by atoms with Crippen molar-refractivity contribution in [2.45, 2.75) is 39.0 Å². The first-order valence-electron chi connectivity index (χ1n) is 10.4. The lowest BCUT2D eigenvalue weighted by Crippen LogP contribution is -2.29. The van der Waals surface area contributed by atoms with Gasteiger partial charge >= 0.3 is 0 Å². The zero-order valence-electron chi connectivity index (χ0n) is 17.5. The highest BCUT2D eigenvalue weighted by molar-refractivity contribution is 6.05. The first-order valence-corrected chi connectivity index (χ1v) is 10.4. The summed E-state index contributed by atoms with van der Waals surface area (Å²) in [5.74, 6) is 0.222. The standard InChI is InChI=1S/C24H28N4O.ClH/c1-3-18-6-4-5-7-22(18)27-24(29)21-16-26-28(20-10-8-17(2)9-11-20)23(21)19-12-14-25-15-13-19;/h4-11,16,19,25H,3,12-15H2,1-2H3,(H,27,29);1H. The molecule has 1 aliphatic rings. The number of piperidine rings is 1. The molecule has 1 fully saturated rings. The Kier molecular flexibility index (Phi) is 7.29. The van der Waals surface area contributed by atoms with Crippen LogP contribution in [0.5, 0.6) is 0 Å². The van der Waals surface area contributed by atoms with Crippen LogP contribution in [0.2, 0.25) is 0 Å². The van der Waals surface area contributed by atoms with Crippen molar-refractivity contribution in [3.8, 4) is 5.69 Å². The van der Waals surface area contributed by atoms with Gasteiger partial charge in [0.05, 0.1) is 23.1 Å². The number of aryl methyl sites for hydroxylation is 2. The fourth-order valence-corrected chi connectivity index (χ4v) is 4.05. The lowest BCUT2D eigenvalue weighted by atomic mass is 9.91. The monoisotopic (exact) mass is 424 g/mol. The first-order chi connectivity index (χ1) is 14.2. The Morgan fingerprint density at radius 2 is 1.83 bits per heavy atom. The molecule has 0 bridgehead atoms. The topological polar surface area (TPSA) is 59.0 Å². The van der Waals surface area contributed by atoms with Gasteiger partial charge in [0.15, 0.2) is 0 Å². The molecule has 158 valence electrons. The summed E-state index contributed by atoms with van der Waals surface area (Å²) in [5.41, 5.74) is 5.90. The van der Waals surface area contributed by atoms with E-state index in [1.165, 1.54) is 5.56 Å². The second kappa shape index (κ2) is 9.92. The number of amides is 1. The number of carbonyl (C=O) groups excluding carboxylic acids is 1. The van der Waals surface area contributed by atoms with Crippen LogP contribution in [0, 0.1) is 6.92 Å². The largest absolute Gasteiger partial charge is 0.322 e. The summed E-state index contributed by atoms with van der Waals surface area (Å²) in [7, 11) is 0. The molecule has 0 atom stereocenters. The van der Waals surface area contributed by atoms with E-state index >= 15 is 0 Å². The second-order valence-electron chi connectivity index (χ2n) is 7.68. The van der Waals surface area contributed by atoms with E-state index in [2.05, 4.69) is 59.9 Å². The molecule has 0 spiro atoms. The fraction of sp³-hybridized carbons (Fsp3) is 0.333. The van der Waals surface area contributed by atoms with Crippen molar-refractivity contribution < 1.29 is 4.79 Å². The minimum absolute atomic E-state index is 0. The summed E-state index contributed by atoms with van der Waals surface area (Å²) in [6.45, 7) is 6.10. The molecule has 0 unspecified atom stereocenters. The van der Waals surface area contributed by atoms with Crippen molar-refractivity contribution in [3.63, 3.8) is 0 Å². The molecule has 1 amide bonds. The van der Waals surface area contributed by atoms with Crippen LogP contribution in [0.1, 0.15) is 52.9 Å². The number of nitrogens with one attached hydrogen (secondary N) is 2. The van der Waals surface area contributed by atoms with E-state index in [0.29, 0.717) is 11.5 Å². The van der Waals surface area contributed by atoms with Crippen molar-refractivity contribution in [3.05, 3.63) is 77.1 Å². The number of halogens is 1. The molecule has 0 radical (unpaired) electrons. The Bertz CT molecular complexity index is 991. The zero-order valence-corrected chi connectivity index (χ0v) is 18.3. The molecule has 1 aromatic heterocycles. The summed E-state index contributed by atoms with van der Waals surface area (Å²) >= 11 is 0. The average Bonchev–Trinajstić information content (AvgIpc) is 3.20. The Morgan fingerprint density at radius 3 is 2.53 bits per heavy atom. The van der Waals surface area contributed by atoms with E-state index in [0.717, 1.165) is 55.0 Å². The van der Waals surface area contributed by atoms with E-state index in [9.17, 15) is 4.79 Å². The van der Waals surface area contributed by atoms with Gasteiger partial charge < -0.3 is 10.6 Å². The molecule has 3 aromatic rings. The van der Waals surface area contributed by atoms with Crippen LogP contribution in [0.4, 0.5) is 5.69 Å². The maximum atomic E-state index is 13.3. The summed E-state index contributed by atoms with van der Waals surface area (Å²) < 4.78 is 1.95. The number of hydrogen-bond donors (Lipinski definition) is 2. The molecule has 2 N–H and O–H groups in total. The molecule has 2 heterocycles. The number of aromatic nitrogens is 2. The molecule has 6 heteroatoms. The molecule has 2 aromatic carbocycles. The molecule has 1 aliphatic heterocycles. The lowest BCUT2D eigenvalue weighted by molar-refractivity contribution is 0.102. The highest BCUT2D eigenvalue weighted by Gasteiger charge is 2.27. The highest BCUT2D eigenvalue weighted by atomic mass is 35.5. The number of para-hydroxylation sites is 1. The van der Waals surface area contributed by atoms with Crippen molar-refractivity contribution in [1.29, 1.82) is 0 Å². The van der Waals surface area contributed by atoms with Gasteiger partial charge in [-0.25, -0.2) is 4.68 Å². The van der Waals surface area contributed by atoms with Gasteiger partial charge in [0.2, 0.25) is 0 Å². The van der Waals surface area contributed by atoms with Crippen LogP contribution in [0.3, 0.4) is 0 Å². The molecular formula is C24H29ClN4O. The first kappa shape index (κ1) is 22.1. The summed E-state index contributed by atoms with van der Waals surface area (Å²) in [4.78, 5) is 13.3. The van der Waals surface area contributed by atoms with Gasteiger partial charge in [-0.1, -0.05) is 42.8 Å². The van der Waals surface area contributed by atoms with E-state index in [1.807, 2.05) is 22.9 Å². The maximum absolute atomic E-state index is 13.3. The van der Waals surface area contributed by atoms with E-state index in [-0.39, 0.29) is 18.3 Å². The highest BCUT2D eigenvalue weighted by Crippen LogP contribution is 2.31. The SMILES string of the molecule is CCc1ccccc1NC(=O)c1cnn(-c2ccc(C)cc2)c1C1CCNCC1.Cl. The predicted molar refractivity (Wildman–Crippen MR) is 124 cm³/mol. The molecular weight excluding hydrogens is 396 g/mol. The maximum Gasteiger partial charge on any atom is 0.259 e. The van der Waals surface area contributed by atoms with Crippen molar-refractivity contribution in [2.24, 2.45) is 0 Å². The smallest absolute Gasteiger partial charge is 0.259 e. The van der Waals surface area contributed by atoms with Crippen LogP contribution in [-0.2, 0) is 6.42 Å². The second-order valence-corrected chi connectivity index (χ2v) is 7.68. The Labute approximate surface area is 184 Å². The van der Waals surface area contributed by atoms with Crippen LogP contribution in [0.15, 0.2) is 54.7 Å². The van der Waals surface area contributed by atoms with Crippen LogP contribution in [-0.4, -0.2) is 28.8 Å². The third-order valence-corrected chi connectivity index (χ3v) is 5.70. The number of hydrogen-bond acceptors (Lipinski definition) is 3. The van der Waals surface area contributed by atoms with Gasteiger partial charge in [0.1, 0.15) is 0 Å². The van der Waals surface area contributed by atoms with E-state index < -0.39 is 0 Å². The number of benzene rings is 2. The molecule has 5 nitrogen and oxygen atoms in total. The van der Waals surface area contributed by atoms with Crippen molar-refractivity contribution in [2.75, 3.05) is 18.4 Å². The van der Waals surface area contributed by atoms with Crippen molar-refractivity contribution in [1.82, 2.24) is 15.1 Å². The van der Waals surface area contributed by atoms with Crippen LogP contribution < -0.4 is 10.6 Å². The Balaban J connectivity index is 0.00000256. The van der Waals surface area contributed by atoms with Gasteiger partial charge in [-0.2, -0.15) is 5.10 Å². The number of carbonyl (C=O) groups is 1. The molecule has 1 saturated heterocycles. The lowest BCUT2D eigenvalue weighted by Gasteiger charge is -2.25. The fourth-order valence-electron chi connectivity index (χ4n) is 4.05. The number of rotatable bonds is 5. The Morgan fingerprint density at radius 1 is 1.13 bits per heavy atom. The van der Waals surface area contributed by atoms with Gasteiger partial charge in [0.25, 0.3) is 5.91 Å². The zero-order chi connectivity index (χ0) is 20.2. The quantitative estimate of drug-likeness (QED) is 0.613. The molecule has 30 heavy (non-hydrogen) atoms. The normalized spacial score (nSPS) is 14.2. The number of nitrogens with zero attached hydrogens (tertiary/aromatic N) is 2. The molecule has 4 rings (SSSR count). The Hall–Kier alpha value is -2.63. The minimum Gasteiger partial charge on any atom is -0.322 e. The van der Waals surface area contributed by atoms with Crippen LogP contribution >= 0.6 is 12.4 Å². The number of anilines is 1. The van der Waals surface area contributed by atoms with E-state index in [4.69, 9.17) is 0 Å². The predicted octanol–water partition coefficient (Wildman–Crippen LogP) is 4.88. The van der Waals surface area contributed by atoms with Gasteiger partial charge in [0, 0.05) is 11.6 Å². The summed E-state index contributed by atoms with van der Waals surface area (Å²) in [6.07, 6.45) is 4.61. The third-order valence-electron chi connectivity index (χ3n) is 5.70. The molecule has 0 saturated carbocycles. The van der Waals surface area contributed by atoms with Crippen LogP contribution in [0.25, 0.3) is 5.69 Å². The van der Waals surface area contributed by atoms with Gasteiger partial charge in [-0.3, -0.25) is 4.79 Å². The minimum atomic E-state index is -0.0854. The van der Waals surface area contributed by atoms with Gasteiger partial charge in [-0.05, 0) is 63.0 Å². The van der Waals surface area contributed by atoms with Crippen molar-refractivity contribution >= 4 is 24.0 Å². The van der Waals surface area contributed by atoms with Gasteiger partial charge in [-0.15, -0.1) is 12.4 Å². The molecule has 0 aliphatic carbocycles.